The van der Waals surface area contributed by atoms with Crippen LogP contribution in [0.2, 0.25) is 5.02 Å². The third kappa shape index (κ3) is 8.43. The van der Waals surface area contributed by atoms with Crippen molar-refractivity contribution in [3.05, 3.63) is 34.9 Å². The molecule has 2 unspecified atom stereocenters. The molecule has 1 aliphatic rings. The quantitative estimate of drug-likeness (QED) is 0.219. The molecule has 5 nitrogen and oxygen atoms in total. The largest absolute Gasteiger partial charge is 0.385 e. The maximum atomic E-state index is 6.24. The van der Waals surface area contributed by atoms with E-state index in [0.29, 0.717) is 12.0 Å². The van der Waals surface area contributed by atoms with Crippen molar-refractivity contribution >= 4 is 41.5 Å². The Balaban J connectivity index is 0.00000392. The Kier molecular flexibility index (Phi) is 13.1. The summed E-state index contributed by atoms with van der Waals surface area (Å²) in [6, 6.07) is 8.68. The molecular weight excluding hydrogens is 487 g/mol. The zero-order chi connectivity index (χ0) is 19.5. The summed E-state index contributed by atoms with van der Waals surface area (Å²) in [6.07, 6.45) is 5.84. The average molecular weight is 523 g/mol. The molecule has 0 bridgehead atoms. The number of aliphatic imine (C=N–C) groups is 1. The Morgan fingerprint density at radius 2 is 2.11 bits per heavy atom. The predicted molar refractivity (Wildman–Crippen MR) is 130 cm³/mol. The first-order chi connectivity index (χ1) is 13.2. The highest BCUT2D eigenvalue weighted by atomic mass is 127. The van der Waals surface area contributed by atoms with E-state index in [9.17, 15) is 0 Å². The van der Waals surface area contributed by atoms with Gasteiger partial charge in [0.25, 0.3) is 0 Å². The van der Waals surface area contributed by atoms with Crippen molar-refractivity contribution in [3.63, 3.8) is 0 Å². The minimum atomic E-state index is 0. The molecule has 1 saturated heterocycles. The van der Waals surface area contributed by atoms with Crippen molar-refractivity contribution in [3.8, 4) is 0 Å². The number of piperidine rings is 1. The average Bonchev–Trinajstić information content (AvgIpc) is 2.67. The maximum Gasteiger partial charge on any atom is 0.190 e. The molecule has 1 aromatic rings. The van der Waals surface area contributed by atoms with Crippen LogP contribution >= 0.6 is 35.6 Å². The summed E-state index contributed by atoms with van der Waals surface area (Å²) in [7, 11) is 5.80. The number of hydrogen-bond acceptors (Lipinski definition) is 3. The van der Waals surface area contributed by atoms with Crippen LogP contribution in [0.15, 0.2) is 29.3 Å². The van der Waals surface area contributed by atoms with Gasteiger partial charge in [-0.2, -0.15) is 0 Å². The molecule has 2 atom stereocenters. The second-order valence-electron chi connectivity index (χ2n) is 7.32. The molecule has 2 N–H and O–H groups in total. The highest BCUT2D eigenvalue weighted by Crippen LogP contribution is 2.35. The van der Waals surface area contributed by atoms with E-state index in [4.69, 9.17) is 16.3 Å². The van der Waals surface area contributed by atoms with E-state index in [1.54, 1.807) is 7.11 Å². The zero-order valence-electron chi connectivity index (χ0n) is 17.4. The lowest BCUT2D eigenvalue weighted by Crippen LogP contribution is -2.45. The number of halogens is 2. The number of nitrogens with one attached hydrogen (secondary N) is 2. The van der Waals surface area contributed by atoms with Gasteiger partial charge in [-0.15, -0.1) is 24.0 Å². The van der Waals surface area contributed by atoms with Crippen molar-refractivity contribution in [2.24, 2.45) is 10.9 Å². The summed E-state index contributed by atoms with van der Waals surface area (Å²) >= 11 is 6.24. The Hall–Kier alpha value is -0.570. The third-order valence-electron chi connectivity index (χ3n) is 5.27. The van der Waals surface area contributed by atoms with Crippen LogP contribution < -0.4 is 10.6 Å². The highest BCUT2D eigenvalue weighted by molar-refractivity contribution is 14.0. The highest BCUT2D eigenvalue weighted by Gasteiger charge is 2.30. The first-order valence-electron chi connectivity index (χ1n) is 10.0. The summed E-state index contributed by atoms with van der Waals surface area (Å²) in [4.78, 5) is 6.82. The minimum Gasteiger partial charge on any atom is -0.385 e. The van der Waals surface area contributed by atoms with Gasteiger partial charge in [-0.1, -0.05) is 23.7 Å². The van der Waals surface area contributed by atoms with Crippen LogP contribution in [0.25, 0.3) is 0 Å². The van der Waals surface area contributed by atoms with E-state index in [1.165, 1.54) is 24.8 Å². The zero-order valence-corrected chi connectivity index (χ0v) is 20.5. The fourth-order valence-corrected chi connectivity index (χ4v) is 4.09. The van der Waals surface area contributed by atoms with E-state index in [0.717, 1.165) is 50.1 Å². The minimum absolute atomic E-state index is 0. The molecule has 28 heavy (non-hydrogen) atoms. The second kappa shape index (κ2) is 14.4. The SMILES string of the molecule is CN=C(NCCCCCOC)NCC1CCCN(C)C1c1cccc(Cl)c1.I. The molecule has 0 amide bonds. The van der Waals surface area contributed by atoms with Gasteiger partial charge in [-0.3, -0.25) is 9.89 Å². The molecule has 0 aliphatic carbocycles. The lowest BCUT2D eigenvalue weighted by Gasteiger charge is -2.40. The van der Waals surface area contributed by atoms with Crippen molar-refractivity contribution in [1.82, 2.24) is 15.5 Å². The molecule has 1 aromatic carbocycles. The molecule has 1 aliphatic heterocycles. The van der Waals surface area contributed by atoms with Crippen molar-refractivity contribution in [2.45, 2.75) is 38.1 Å². The van der Waals surface area contributed by atoms with Crippen LogP contribution in [-0.2, 0) is 4.74 Å². The number of guanidine groups is 1. The van der Waals surface area contributed by atoms with Crippen LogP contribution in [0.5, 0.6) is 0 Å². The van der Waals surface area contributed by atoms with Crippen LogP contribution in [0.4, 0.5) is 0 Å². The van der Waals surface area contributed by atoms with Gasteiger partial charge in [0.2, 0.25) is 0 Å². The van der Waals surface area contributed by atoms with Gasteiger partial charge in [0.15, 0.2) is 5.96 Å². The summed E-state index contributed by atoms with van der Waals surface area (Å²) in [6.45, 7) is 3.81. The fourth-order valence-electron chi connectivity index (χ4n) is 3.89. The Morgan fingerprint density at radius 3 is 2.82 bits per heavy atom. The predicted octanol–water partition coefficient (Wildman–Crippen LogP) is 4.32. The number of rotatable bonds is 9. The molecule has 0 saturated carbocycles. The summed E-state index contributed by atoms with van der Waals surface area (Å²) in [5.41, 5.74) is 1.30. The molecule has 2 rings (SSSR count). The van der Waals surface area contributed by atoms with E-state index in [1.807, 2.05) is 13.1 Å². The third-order valence-corrected chi connectivity index (χ3v) is 5.51. The topological polar surface area (TPSA) is 48.9 Å². The molecule has 0 aromatic heterocycles. The van der Waals surface area contributed by atoms with E-state index in [2.05, 4.69) is 45.8 Å². The Morgan fingerprint density at radius 1 is 1.29 bits per heavy atom. The lowest BCUT2D eigenvalue weighted by atomic mass is 9.85. The van der Waals surface area contributed by atoms with Crippen molar-refractivity contribution < 1.29 is 4.74 Å². The first-order valence-corrected chi connectivity index (χ1v) is 10.4. The lowest BCUT2D eigenvalue weighted by molar-refractivity contribution is 0.122. The number of hydrogen-bond donors (Lipinski definition) is 2. The van der Waals surface area contributed by atoms with Crippen LogP contribution in [0.3, 0.4) is 0 Å². The maximum absolute atomic E-state index is 6.24. The van der Waals surface area contributed by atoms with Crippen molar-refractivity contribution in [1.29, 1.82) is 0 Å². The number of unbranched alkanes of at least 4 members (excludes halogenated alkanes) is 2. The molecule has 1 heterocycles. The number of likely N-dealkylation sites (tertiary alicyclic amines) is 1. The van der Waals surface area contributed by atoms with Gasteiger partial charge < -0.3 is 15.4 Å². The van der Waals surface area contributed by atoms with Gasteiger partial charge in [0.05, 0.1) is 0 Å². The number of ether oxygens (including phenoxy) is 1. The van der Waals surface area contributed by atoms with Crippen LogP contribution in [0.1, 0.15) is 43.7 Å². The van der Waals surface area contributed by atoms with Gasteiger partial charge in [0.1, 0.15) is 0 Å². The normalized spacial score (nSPS) is 20.5. The van der Waals surface area contributed by atoms with E-state index >= 15 is 0 Å². The van der Waals surface area contributed by atoms with E-state index < -0.39 is 0 Å². The van der Waals surface area contributed by atoms with Crippen LogP contribution in [0, 0.1) is 5.92 Å². The molecular formula is C21H36ClIN4O. The summed E-state index contributed by atoms with van der Waals surface area (Å²) in [5, 5.41) is 7.76. The van der Waals surface area contributed by atoms with Gasteiger partial charge >= 0.3 is 0 Å². The molecule has 1 fully saturated rings. The second-order valence-corrected chi connectivity index (χ2v) is 7.75. The molecule has 0 radical (unpaired) electrons. The summed E-state index contributed by atoms with van der Waals surface area (Å²) < 4.78 is 5.09. The monoisotopic (exact) mass is 522 g/mol. The molecule has 160 valence electrons. The van der Waals surface area contributed by atoms with Gasteiger partial charge in [-0.05, 0) is 69.3 Å². The number of methoxy groups -OCH3 is 1. The standard InChI is InChI=1S/C21H35ClN4O.HI/c1-23-21(24-12-5-4-6-14-27-3)25-16-18-10-8-13-26(2)20(18)17-9-7-11-19(22)15-17;/h7,9,11,15,18,20H,4-6,8,10,12-14,16H2,1-3H3,(H2,23,24,25);1H. The summed E-state index contributed by atoms with van der Waals surface area (Å²) in [5.74, 6) is 1.42. The number of benzene rings is 1. The van der Waals surface area contributed by atoms with Gasteiger partial charge in [0, 0.05) is 44.9 Å². The fraction of sp³-hybridized carbons (Fsp3) is 0.667. The first kappa shape index (κ1) is 25.5. The smallest absolute Gasteiger partial charge is 0.190 e. The van der Waals surface area contributed by atoms with Crippen LogP contribution in [-0.4, -0.2) is 58.3 Å². The van der Waals surface area contributed by atoms with E-state index in [-0.39, 0.29) is 24.0 Å². The van der Waals surface area contributed by atoms with Gasteiger partial charge in [-0.25, -0.2) is 0 Å². The Labute approximate surface area is 192 Å². The van der Waals surface area contributed by atoms with Crippen molar-refractivity contribution in [2.75, 3.05) is 47.4 Å². The Bertz CT molecular complexity index is 587. The number of nitrogens with zero attached hydrogens (tertiary/aromatic N) is 2. The molecule has 7 heteroatoms. The molecule has 0 spiro atoms.